The minimum atomic E-state index is -1.47. The molecule has 14 nitrogen and oxygen atoms in total. The van der Waals surface area contributed by atoms with Crippen molar-refractivity contribution >= 4 is 29.7 Å². The van der Waals surface area contributed by atoms with Gasteiger partial charge >= 0.3 is 11.9 Å². The number of carboxylic acid groups (broad SMARTS) is 2. The van der Waals surface area contributed by atoms with Crippen LogP contribution in [0.15, 0.2) is 12.5 Å². The van der Waals surface area contributed by atoms with Gasteiger partial charge in [-0.15, -0.1) is 0 Å². The molecule has 3 amide bonds. The number of nitrogens with two attached hydrogens (primary N) is 1. The molecular formula is C18H28N6O8. The van der Waals surface area contributed by atoms with Crippen LogP contribution in [0, 0.1) is 0 Å². The van der Waals surface area contributed by atoms with Gasteiger partial charge in [0.05, 0.1) is 24.2 Å². The molecule has 0 fully saturated rings. The van der Waals surface area contributed by atoms with Gasteiger partial charge in [0.15, 0.2) is 0 Å². The molecular weight excluding hydrogens is 428 g/mol. The number of rotatable bonds is 13. The summed E-state index contributed by atoms with van der Waals surface area (Å²) in [7, 11) is 0. The van der Waals surface area contributed by atoms with Crippen LogP contribution in [0.4, 0.5) is 0 Å². The molecule has 0 saturated carbocycles. The monoisotopic (exact) mass is 456 g/mol. The number of hydrogen-bond donors (Lipinski definition) is 8. The van der Waals surface area contributed by atoms with Crippen LogP contribution in [0.1, 0.15) is 32.4 Å². The highest BCUT2D eigenvalue weighted by molar-refractivity contribution is 5.94. The maximum absolute atomic E-state index is 12.5. The minimum Gasteiger partial charge on any atom is -0.481 e. The molecule has 1 aromatic heterocycles. The lowest BCUT2D eigenvalue weighted by Gasteiger charge is -2.25. The van der Waals surface area contributed by atoms with E-state index < -0.39 is 66.4 Å². The van der Waals surface area contributed by atoms with Crippen molar-refractivity contribution in [1.82, 2.24) is 25.9 Å². The summed E-state index contributed by atoms with van der Waals surface area (Å²) in [6.07, 6.45) is 0.871. The van der Waals surface area contributed by atoms with E-state index in [1.807, 2.05) is 0 Å². The number of aliphatic hydroxyl groups is 1. The van der Waals surface area contributed by atoms with Crippen molar-refractivity contribution in [2.45, 2.75) is 63.4 Å². The second kappa shape index (κ2) is 12.4. The van der Waals surface area contributed by atoms with Crippen molar-refractivity contribution in [2.24, 2.45) is 5.73 Å². The standard InChI is InChI=1S/C18H28N6O8/c1-8(15(28)23-12(18(31)32)3-4-13(26)27)22-17(30)14(9(2)25)24-16(29)11(19)5-10-6-20-7-21-10/h6-9,11-12,14,25H,3-5,19H2,1-2H3,(H,20,21)(H,22,30)(H,23,28)(H,24,29)(H,26,27)(H,31,32)/t8-,9+,11-,12-,14-/m0/s1. The van der Waals surface area contributed by atoms with Gasteiger partial charge in [0, 0.05) is 19.0 Å². The van der Waals surface area contributed by atoms with Gasteiger partial charge in [-0.25, -0.2) is 9.78 Å². The Morgan fingerprint density at radius 3 is 2.22 bits per heavy atom. The van der Waals surface area contributed by atoms with E-state index in [0.29, 0.717) is 5.69 Å². The smallest absolute Gasteiger partial charge is 0.326 e. The Morgan fingerprint density at radius 2 is 1.72 bits per heavy atom. The predicted octanol–water partition coefficient (Wildman–Crippen LogP) is -2.92. The number of carboxylic acids is 2. The molecule has 0 aliphatic carbocycles. The highest BCUT2D eigenvalue weighted by Gasteiger charge is 2.31. The van der Waals surface area contributed by atoms with Gasteiger partial charge in [-0.3, -0.25) is 19.2 Å². The molecule has 32 heavy (non-hydrogen) atoms. The number of nitrogens with zero attached hydrogens (tertiary/aromatic N) is 1. The van der Waals surface area contributed by atoms with Crippen LogP contribution in [-0.2, 0) is 30.4 Å². The summed E-state index contributed by atoms with van der Waals surface area (Å²) in [5, 5.41) is 34.4. The average molecular weight is 456 g/mol. The number of amides is 3. The summed E-state index contributed by atoms with van der Waals surface area (Å²) < 4.78 is 0. The van der Waals surface area contributed by atoms with E-state index in [9.17, 15) is 29.1 Å². The fraction of sp³-hybridized carbons (Fsp3) is 0.556. The largest absolute Gasteiger partial charge is 0.481 e. The molecule has 0 saturated heterocycles. The van der Waals surface area contributed by atoms with E-state index in [1.54, 1.807) is 6.20 Å². The van der Waals surface area contributed by atoms with Crippen LogP contribution < -0.4 is 21.7 Å². The molecule has 0 aliphatic heterocycles. The van der Waals surface area contributed by atoms with Crippen molar-refractivity contribution in [3.05, 3.63) is 18.2 Å². The molecule has 14 heteroatoms. The number of aliphatic carboxylic acids is 2. The zero-order valence-electron chi connectivity index (χ0n) is 17.6. The van der Waals surface area contributed by atoms with Crippen LogP contribution in [0.3, 0.4) is 0 Å². The Hall–Kier alpha value is -3.52. The third kappa shape index (κ3) is 8.69. The van der Waals surface area contributed by atoms with Gasteiger partial charge in [0.2, 0.25) is 17.7 Å². The van der Waals surface area contributed by atoms with Crippen LogP contribution >= 0.6 is 0 Å². The summed E-state index contributed by atoms with van der Waals surface area (Å²) in [6.45, 7) is 2.51. The Bertz CT molecular complexity index is 812. The Morgan fingerprint density at radius 1 is 1.06 bits per heavy atom. The van der Waals surface area contributed by atoms with E-state index in [1.165, 1.54) is 20.2 Å². The topological polar surface area (TPSA) is 237 Å². The molecule has 1 rings (SSSR count). The molecule has 0 aliphatic rings. The summed E-state index contributed by atoms with van der Waals surface area (Å²) in [6, 6.07) is -5.21. The maximum Gasteiger partial charge on any atom is 0.326 e. The number of H-pyrrole nitrogens is 1. The van der Waals surface area contributed by atoms with Gasteiger partial charge in [0.25, 0.3) is 0 Å². The number of aliphatic hydroxyl groups excluding tert-OH is 1. The number of hydrogen-bond acceptors (Lipinski definition) is 8. The lowest BCUT2D eigenvalue weighted by atomic mass is 10.1. The van der Waals surface area contributed by atoms with E-state index in [-0.39, 0.29) is 12.8 Å². The van der Waals surface area contributed by atoms with Crippen molar-refractivity contribution in [3.8, 4) is 0 Å². The number of aromatic amines is 1. The summed E-state index contributed by atoms with van der Waals surface area (Å²) >= 11 is 0. The number of imidazole rings is 1. The molecule has 0 radical (unpaired) electrons. The van der Waals surface area contributed by atoms with Crippen LogP contribution in [0.2, 0.25) is 0 Å². The highest BCUT2D eigenvalue weighted by atomic mass is 16.4. The third-order valence-electron chi connectivity index (χ3n) is 4.40. The normalized spacial score (nSPS) is 15.5. The van der Waals surface area contributed by atoms with Crippen molar-refractivity contribution in [1.29, 1.82) is 0 Å². The zero-order chi connectivity index (χ0) is 24.4. The van der Waals surface area contributed by atoms with Crippen molar-refractivity contribution in [3.63, 3.8) is 0 Å². The van der Waals surface area contributed by atoms with Gasteiger partial charge < -0.3 is 42.0 Å². The number of carbonyl (C=O) groups excluding carboxylic acids is 3. The van der Waals surface area contributed by atoms with Crippen LogP contribution in [0.5, 0.6) is 0 Å². The first-order valence-electron chi connectivity index (χ1n) is 9.69. The first kappa shape index (κ1) is 26.5. The molecule has 0 unspecified atom stereocenters. The Kier molecular flexibility index (Phi) is 10.2. The molecule has 178 valence electrons. The third-order valence-corrected chi connectivity index (χ3v) is 4.40. The SMILES string of the molecule is C[C@H](NC(=O)[C@@H](NC(=O)[C@@H](N)Cc1c[nH]cn1)[C@@H](C)O)C(=O)N[C@@H](CCC(=O)O)C(=O)O. The van der Waals surface area contributed by atoms with E-state index in [0.717, 1.165) is 0 Å². The number of carbonyl (C=O) groups is 5. The summed E-state index contributed by atoms with van der Waals surface area (Å²) in [4.78, 5) is 65.5. The van der Waals surface area contributed by atoms with Crippen LogP contribution in [-0.4, -0.2) is 85.2 Å². The second-order valence-electron chi connectivity index (χ2n) is 7.16. The molecule has 0 spiro atoms. The number of aromatic nitrogens is 2. The van der Waals surface area contributed by atoms with Crippen molar-refractivity contribution < 1.29 is 39.3 Å². The van der Waals surface area contributed by atoms with E-state index in [4.69, 9.17) is 15.9 Å². The zero-order valence-corrected chi connectivity index (χ0v) is 17.6. The van der Waals surface area contributed by atoms with E-state index in [2.05, 4.69) is 25.9 Å². The Labute approximate surface area is 183 Å². The molecule has 1 heterocycles. The van der Waals surface area contributed by atoms with Gasteiger partial charge in [-0.1, -0.05) is 0 Å². The fourth-order valence-electron chi connectivity index (χ4n) is 2.58. The summed E-state index contributed by atoms with van der Waals surface area (Å²) in [5.74, 6) is -5.18. The first-order chi connectivity index (χ1) is 14.9. The Balaban J connectivity index is 2.69. The van der Waals surface area contributed by atoms with Crippen molar-refractivity contribution in [2.75, 3.05) is 0 Å². The fourth-order valence-corrected chi connectivity index (χ4v) is 2.58. The predicted molar refractivity (Wildman–Crippen MR) is 108 cm³/mol. The summed E-state index contributed by atoms with van der Waals surface area (Å²) in [5.41, 5.74) is 6.32. The van der Waals surface area contributed by atoms with Gasteiger partial charge in [-0.05, 0) is 20.3 Å². The molecule has 9 N–H and O–H groups in total. The van der Waals surface area contributed by atoms with Crippen LogP contribution in [0.25, 0.3) is 0 Å². The second-order valence-corrected chi connectivity index (χ2v) is 7.16. The minimum absolute atomic E-state index is 0.0786. The highest BCUT2D eigenvalue weighted by Crippen LogP contribution is 2.02. The molecule has 0 aromatic carbocycles. The number of nitrogens with one attached hydrogen (secondary N) is 4. The van der Waals surface area contributed by atoms with Gasteiger partial charge in [0.1, 0.15) is 18.1 Å². The van der Waals surface area contributed by atoms with Gasteiger partial charge in [-0.2, -0.15) is 0 Å². The lowest BCUT2D eigenvalue weighted by Crippen LogP contribution is -2.59. The van der Waals surface area contributed by atoms with E-state index >= 15 is 0 Å². The quantitative estimate of drug-likeness (QED) is 0.150. The molecule has 5 atom stereocenters. The maximum atomic E-state index is 12.5. The first-order valence-corrected chi connectivity index (χ1v) is 9.69. The lowest BCUT2D eigenvalue weighted by molar-refractivity contribution is -0.143. The average Bonchev–Trinajstić information content (AvgIpc) is 3.20. The molecule has 0 bridgehead atoms. The molecule has 1 aromatic rings.